The first kappa shape index (κ1) is 25.5. The Morgan fingerprint density at radius 1 is 0.700 bits per heavy atom. The minimum absolute atomic E-state index is 0.241. The van der Waals surface area contributed by atoms with Crippen LogP contribution in [0.3, 0.4) is 0 Å². The van der Waals surface area contributed by atoms with Crippen molar-refractivity contribution in [1.29, 1.82) is 0 Å². The molecule has 2 aliphatic rings. The van der Waals surface area contributed by atoms with Crippen molar-refractivity contribution in [3.63, 3.8) is 0 Å². The minimum Gasteiger partial charge on any atom is -0.432 e. The smallest absolute Gasteiger partial charge is 0.432 e. The fourth-order valence-electron chi connectivity index (χ4n) is 5.30. The van der Waals surface area contributed by atoms with Crippen LogP contribution in [0, 0.1) is 35.5 Å². The third kappa shape index (κ3) is 8.37. The maximum Gasteiger partial charge on any atom is 0.508 e. The van der Waals surface area contributed by atoms with Gasteiger partial charge >= 0.3 is 6.16 Å². The van der Waals surface area contributed by atoms with Crippen molar-refractivity contribution in [3.8, 4) is 0 Å². The van der Waals surface area contributed by atoms with E-state index < -0.39 is 6.16 Å². The van der Waals surface area contributed by atoms with E-state index in [1.54, 1.807) is 0 Å². The highest BCUT2D eigenvalue weighted by molar-refractivity contribution is 5.59. The van der Waals surface area contributed by atoms with Gasteiger partial charge in [0.25, 0.3) is 0 Å². The van der Waals surface area contributed by atoms with Gasteiger partial charge in [-0.15, -0.1) is 0 Å². The Labute approximate surface area is 184 Å². The van der Waals surface area contributed by atoms with Crippen molar-refractivity contribution < 1.29 is 23.7 Å². The van der Waals surface area contributed by atoms with Crippen molar-refractivity contribution in [2.75, 3.05) is 26.4 Å². The van der Waals surface area contributed by atoms with Gasteiger partial charge in [0.05, 0.1) is 25.4 Å². The Kier molecular flexibility index (Phi) is 10.9. The molecule has 0 aromatic rings. The highest BCUT2D eigenvalue weighted by Gasteiger charge is 2.32. The monoisotopic (exact) mass is 426 g/mol. The molecule has 0 spiro atoms. The SMILES string of the molecule is CC1CCC(C(C)C)C(OCCOC(=O)OCCOC2CC(C)CCC2C(C)C)C1. The standard InChI is InChI=1S/C25H46O5/c1-17(2)21-9-7-19(5)15-23(21)27-11-13-29-25(26)30-14-12-28-24-16-20(6)8-10-22(24)18(3)4/h17-24H,7-16H2,1-6H3. The third-order valence-electron chi connectivity index (χ3n) is 7.19. The van der Waals surface area contributed by atoms with Crippen LogP contribution in [0.15, 0.2) is 0 Å². The highest BCUT2D eigenvalue weighted by Crippen LogP contribution is 2.36. The van der Waals surface area contributed by atoms with Crippen molar-refractivity contribution in [2.24, 2.45) is 35.5 Å². The van der Waals surface area contributed by atoms with Gasteiger partial charge in [-0.1, -0.05) is 54.4 Å². The first-order chi connectivity index (χ1) is 14.3. The quantitative estimate of drug-likeness (QED) is 0.312. The summed E-state index contributed by atoms with van der Waals surface area (Å²) in [4.78, 5) is 11.8. The molecule has 2 fully saturated rings. The number of ether oxygens (including phenoxy) is 4. The molecular formula is C25H46O5. The zero-order chi connectivity index (χ0) is 22.1. The van der Waals surface area contributed by atoms with E-state index >= 15 is 0 Å². The summed E-state index contributed by atoms with van der Waals surface area (Å²) in [5, 5.41) is 0. The van der Waals surface area contributed by atoms with Crippen LogP contribution in [0.1, 0.15) is 80.1 Å². The molecule has 6 unspecified atom stereocenters. The first-order valence-corrected chi connectivity index (χ1v) is 12.3. The zero-order valence-electron chi connectivity index (χ0n) is 20.2. The highest BCUT2D eigenvalue weighted by atomic mass is 16.7. The third-order valence-corrected chi connectivity index (χ3v) is 7.19. The van der Waals surface area contributed by atoms with E-state index in [1.165, 1.54) is 25.7 Å². The van der Waals surface area contributed by atoms with Crippen LogP contribution in [-0.4, -0.2) is 44.8 Å². The van der Waals surface area contributed by atoms with Crippen LogP contribution in [0.25, 0.3) is 0 Å². The Hall–Kier alpha value is -0.810. The molecule has 0 aromatic heterocycles. The van der Waals surface area contributed by atoms with Gasteiger partial charge in [0, 0.05) is 0 Å². The van der Waals surface area contributed by atoms with Crippen LogP contribution < -0.4 is 0 Å². The molecular weight excluding hydrogens is 380 g/mol. The maximum absolute atomic E-state index is 11.8. The molecule has 0 N–H and O–H groups in total. The van der Waals surface area contributed by atoms with E-state index in [0.717, 1.165) is 12.8 Å². The average molecular weight is 427 g/mol. The molecule has 0 amide bonds. The van der Waals surface area contributed by atoms with Gasteiger partial charge < -0.3 is 18.9 Å². The van der Waals surface area contributed by atoms with E-state index in [-0.39, 0.29) is 25.4 Å². The van der Waals surface area contributed by atoms with Crippen LogP contribution in [0.4, 0.5) is 4.79 Å². The molecule has 0 saturated heterocycles. The van der Waals surface area contributed by atoms with Crippen molar-refractivity contribution in [1.82, 2.24) is 0 Å². The minimum atomic E-state index is -0.628. The second kappa shape index (κ2) is 12.9. The molecule has 0 bridgehead atoms. The van der Waals surface area contributed by atoms with Crippen LogP contribution in [0.5, 0.6) is 0 Å². The molecule has 5 heteroatoms. The van der Waals surface area contributed by atoms with Gasteiger partial charge in [0.2, 0.25) is 0 Å². The van der Waals surface area contributed by atoms with Gasteiger partial charge in [-0.25, -0.2) is 4.79 Å². The summed E-state index contributed by atoms with van der Waals surface area (Å²) in [6, 6.07) is 0. The number of rotatable bonds is 10. The molecule has 2 saturated carbocycles. The topological polar surface area (TPSA) is 54.0 Å². The van der Waals surface area contributed by atoms with E-state index in [0.29, 0.717) is 48.7 Å². The van der Waals surface area contributed by atoms with Gasteiger partial charge in [-0.05, 0) is 61.2 Å². The molecule has 2 rings (SSSR count). The summed E-state index contributed by atoms with van der Waals surface area (Å²) in [5.74, 6) is 3.85. The van der Waals surface area contributed by atoms with Gasteiger partial charge in [0.1, 0.15) is 13.2 Å². The molecule has 6 atom stereocenters. The molecule has 176 valence electrons. The Morgan fingerprint density at radius 2 is 1.10 bits per heavy atom. The Balaban J connectivity index is 1.57. The maximum atomic E-state index is 11.8. The molecule has 30 heavy (non-hydrogen) atoms. The summed E-state index contributed by atoms with van der Waals surface area (Å²) in [7, 11) is 0. The Morgan fingerprint density at radius 3 is 1.47 bits per heavy atom. The normalized spacial score (nSPS) is 32.4. The Bertz CT molecular complexity index is 450. The van der Waals surface area contributed by atoms with Crippen molar-refractivity contribution >= 4 is 6.16 Å². The zero-order valence-corrected chi connectivity index (χ0v) is 20.2. The van der Waals surface area contributed by atoms with Crippen molar-refractivity contribution in [3.05, 3.63) is 0 Å². The average Bonchev–Trinajstić information content (AvgIpc) is 2.68. The predicted octanol–water partition coefficient (Wildman–Crippen LogP) is 6.09. The summed E-state index contributed by atoms with van der Waals surface area (Å²) >= 11 is 0. The van der Waals surface area contributed by atoms with Gasteiger partial charge in [-0.2, -0.15) is 0 Å². The lowest BCUT2D eigenvalue weighted by molar-refractivity contribution is -0.0658. The lowest BCUT2D eigenvalue weighted by atomic mass is 9.75. The fourth-order valence-corrected chi connectivity index (χ4v) is 5.30. The second-order valence-electron chi connectivity index (χ2n) is 10.4. The second-order valence-corrected chi connectivity index (χ2v) is 10.4. The summed E-state index contributed by atoms with van der Waals surface area (Å²) < 4.78 is 22.5. The summed E-state index contributed by atoms with van der Waals surface area (Å²) in [6.07, 6.45) is 7.13. The largest absolute Gasteiger partial charge is 0.508 e. The van der Waals surface area contributed by atoms with Crippen LogP contribution in [-0.2, 0) is 18.9 Å². The number of hydrogen-bond acceptors (Lipinski definition) is 5. The van der Waals surface area contributed by atoms with E-state index in [1.807, 2.05) is 0 Å². The molecule has 0 radical (unpaired) electrons. The molecule has 0 aromatic carbocycles. The van der Waals surface area contributed by atoms with Gasteiger partial charge in [0.15, 0.2) is 0 Å². The summed E-state index contributed by atoms with van der Waals surface area (Å²) in [6.45, 7) is 15.0. The van der Waals surface area contributed by atoms with E-state index in [9.17, 15) is 4.79 Å². The van der Waals surface area contributed by atoms with Crippen LogP contribution in [0.2, 0.25) is 0 Å². The van der Waals surface area contributed by atoms with Gasteiger partial charge in [-0.3, -0.25) is 0 Å². The first-order valence-electron chi connectivity index (χ1n) is 12.3. The lowest BCUT2D eigenvalue weighted by Crippen LogP contribution is -2.35. The number of carbonyl (C=O) groups excluding carboxylic acids is 1. The predicted molar refractivity (Wildman–Crippen MR) is 119 cm³/mol. The number of carbonyl (C=O) groups is 1. The number of hydrogen-bond donors (Lipinski definition) is 0. The van der Waals surface area contributed by atoms with E-state index in [4.69, 9.17) is 18.9 Å². The van der Waals surface area contributed by atoms with Crippen LogP contribution >= 0.6 is 0 Å². The molecule has 0 aliphatic heterocycles. The van der Waals surface area contributed by atoms with Crippen molar-refractivity contribution in [2.45, 2.75) is 92.3 Å². The molecule has 2 aliphatic carbocycles. The fraction of sp³-hybridized carbons (Fsp3) is 0.960. The molecule has 0 heterocycles. The summed E-state index contributed by atoms with van der Waals surface area (Å²) in [5.41, 5.74) is 0. The van der Waals surface area contributed by atoms with E-state index in [2.05, 4.69) is 41.5 Å². The lowest BCUT2D eigenvalue weighted by Gasteiger charge is -2.37. The molecule has 5 nitrogen and oxygen atoms in total.